The molecule has 0 N–H and O–H groups in total. The Morgan fingerprint density at radius 1 is 1.67 bits per heavy atom. The van der Waals surface area contributed by atoms with Crippen LogP contribution in [0.2, 0.25) is 0 Å². The Bertz CT molecular complexity index is 184. The van der Waals surface area contributed by atoms with E-state index < -0.39 is 0 Å². The summed E-state index contributed by atoms with van der Waals surface area (Å²) < 4.78 is 10.1. The van der Waals surface area contributed by atoms with Gasteiger partial charge >= 0.3 is 5.97 Å². The summed E-state index contributed by atoms with van der Waals surface area (Å²) in [4.78, 5) is 11.1. The van der Waals surface area contributed by atoms with E-state index in [1.54, 1.807) is 20.1 Å². The zero-order valence-corrected chi connectivity index (χ0v) is 7.45. The molecule has 1 aliphatic rings. The number of carbonyl (C=O) groups is 1. The van der Waals surface area contributed by atoms with E-state index in [0.717, 1.165) is 12.8 Å². The van der Waals surface area contributed by atoms with Gasteiger partial charge in [0.25, 0.3) is 0 Å². The summed E-state index contributed by atoms with van der Waals surface area (Å²) in [5, 5.41) is 0. The molecule has 0 fully saturated rings. The van der Waals surface area contributed by atoms with Crippen LogP contribution in [-0.2, 0) is 14.3 Å². The standard InChI is InChI=1S/C9H14O3/c1-7(2)9(10)12-8-5-3-4-6-11-8/h4,6-8H,3,5H2,1-2H3. The first-order chi connectivity index (χ1) is 5.70. The highest BCUT2D eigenvalue weighted by Crippen LogP contribution is 2.13. The quantitative estimate of drug-likeness (QED) is 0.593. The molecule has 3 heteroatoms. The van der Waals surface area contributed by atoms with Crippen LogP contribution in [-0.4, -0.2) is 12.3 Å². The summed E-state index contributed by atoms with van der Waals surface area (Å²) >= 11 is 0. The largest absolute Gasteiger partial charge is 0.463 e. The van der Waals surface area contributed by atoms with Crippen LogP contribution < -0.4 is 0 Å². The van der Waals surface area contributed by atoms with E-state index in [-0.39, 0.29) is 18.2 Å². The van der Waals surface area contributed by atoms with Crippen LogP contribution in [0.4, 0.5) is 0 Å². The van der Waals surface area contributed by atoms with Crippen LogP contribution in [0, 0.1) is 5.92 Å². The first-order valence-corrected chi connectivity index (χ1v) is 4.21. The average Bonchev–Trinajstić information content (AvgIpc) is 2.06. The van der Waals surface area contributed by atoms with Gasteiger partial charge in [-0.05, 0) is 12.5 Å². The molecule has 0 aromatic rings. The normalized spacial score (nSPS) is 22.1. The maximum atomic E-state index is 11.1. The zero-order valence-electron chi connectivity index (χ0n) is 7.45. The molecular weight excluding hydrogens is 156 g/mol. The number of carbonyl (C=O) groups excluding carboxylic acids is 1. The molecule has 3 nitrogen and oxygen atoms in total. The zero-order chi connectivity index (χ0) is 8.97. The Morgan fingerprint density at radius 3 is 2.92 bits per heavy atom. The van der Waals surface area contributed by atoms with E-state index in [9.17, 15) is 4.79 Å². The molecule has 1 heterocycles. The van der Waals surface area contributed by atoms with Gasteiger partial charge in [0, 0.05) is 6.42 Å². The van der Waals surface area contributed by atoms with E-state index in [1.165, 1.54) is 0 Å². The fraction of sp³-hybridized carbons (Fsp3) is 0.667. The van der Waals surface area contributed by atoms with Crippen molar-refractivity contribution in [3.05, 3.63) is 12.3 Å². The Kier molecular flexibility index (Phi) is 3.14. The molecule has 1 rings (SSSR count). The molecule has 1 unspecified atom stereocenters. The second-order valence-electron chi connectivity index (χ2n) is 3.11. The minimum atomic E-state index is -0.370. The highest BCUT2D eigenvalue weighted by atomic mass is 16.7. The molecule has 0 spiro atoms. The van der Waals surface area contributed by atoms with Gasteiger partial charge in [-0.3, -0.25) is 4.79 Å². The van der Waals surface area contributed by atoms with Crippen molar-refractivity contribution in [3.8, 4) is 0 Å². The third-order valence-corrected chi connectivity index (χ3v) is 1.61. The second kappa shape index (κ2) is 4.14. The van der Waals surface area contributed by atoms with Crippen molar-refractivity contribution in [1.29, 1.82) is 0 Å². The lowest BCUT2D eigenvalue weighted by molar-refractivity contribution is -0.174. The number of ether oxygens (including phenoxy) is 2. The van der Waals surface area contributed by atoms with Crippen LogP contribution in [0.1, 0.15) is 26.7 Å². The minimum absolute atomic E-state index is 0.0838. The highest BCUT2D eigenvalue weighted by Gasteiger charge is 2.17. The van der Waals surface area contributed by atoms with Crippen molar-refractivity contribution in [2.75, 3.05) is 0 Å². The second-order valence-corrected chi connectivity index (χ2v) is 3.11. The fourth-order valence-corrected chi connectivity index (χ4v) is 0.864. The summed E-state index contributed by atoms with van der Waals surface area (Å²) in [6, 6.07) is 0. The van der Waals surface area contributed by atoms with E-state index >= 15 is 0 Å². The van der Waals surface area contributed by atoms with E-state index in [4.69, 9.17) is 9.47 Å². The van der Waals surface area contributed by atoms with E-state index in [1.807, 2.05) is 6.08 Å². The van der Waals surface area contributed by atoms with Crippen LogP contribution in [0.3, 0.4) is 0 Å². The fourth-order valence-electron chi connectivity index (χ4n) is 0.864. The first kappa shape index (κ1) is 9.10. The number of hydrogen-bond acceptors (Lipinski definition) is 3. The van der Waals surface area contributed by atoms with Gasteiger partial charge < -0.3 is 9.47 Å². The molecule has 0 bridgehead atoms. The number of rotatable bonds is 2. The van der Waals surface area contributed by atoms with Gasteiger partial charge in [-0.15, -0.1) is 0 Å². The molecule has 1 atom stereocenters. The average molecular weight is 170 g/mol. The molecule has 12 heavy (non-hydrogen) atoms. The Balaban J connectivity index is 2.31. The van der Waals surface area contributed by atoms with Gasteiger partial charge in [0.05, 0.1) is 12.2 Å². The first-order valence-electron chi connectivity index (χ1n) is 4.21. The molecule has 0 radical (unpaired) electrons. The maximum absolute atomic E-state index is 11.1. The number of allylic oxidation sites excluding steroid dienone is 1. The summed E-state index contributed by atoms with van der Waals surface area (Å²) in [5.41, 5.74) is 0. The van der Waals surface area contributed by atoms with Gasteiger partial charge in [-0.1, -0.05) is 13.8 Å². The van der Waals surface area contributed by atoms with Crippen molar-refractivity contribution < 1.29 is 14.3 Å². The molecule has 0 aromatic heterocycles. The van der Waals surface area contributed by atoms with Crippen molar-refractivity contribution in [3.63, 3.8) is 0 Å². The van der Waals surface area contributed by atoms with E-state index in [2.05, 4.69) is 0 Å². The monoisotopic (exact) mass is 170 g/mol. The summed E-state index contributed by atoms with van der Waals surface area (Å²) in [6.07, 6.45) is 4.80. The van der Waals surface area contributed by atoms with Gasteiger partial charge in [0.1, 0.15) is 0 Å². The maximum Gasteiger partial charge on any atom is 0.311 e. The summed E-state index contributed by atoms with van der Waals surface area (Å²) in [6.45, 7) is 3.61. The lowest BCUT2D eigenvalue weighted by atomic mass is 10.2. The molecule has 1 aliphatic heterocycles. The Hall–Kier alpha value is -0.990. The smallest absolute Gasteiger partial charge is 0.311 e. The predicted octanol–water partition coefficient (Wildman–Crippen LogP) is 1.84. The minimum Gasteiger partial charge on any atom is -0.463 e. The molecular formula is C9H14O3. The molecule has 0 amide bonds. The molecule has 0 saturated carbocycles. The molecule has 68 valence electrons. The van der Waals surface area contributed by atoms with Crippen LogP contribution in [0.5, 0.6) is 0 Å². The van der Waals surface area contributed by atoms with Gasteiger partial charge in [-0.2, -0.15) is 0 Å². The van der Waals surface area contributed by atoms with Gasteiger partial charge in [0.2, 0.25) is 6.29 Å². The Labute approximate surface area is 72.4 Å². The van der Waals surface area contributed by atoms with Crippen molar-refractivity contribution in [1.82, 2.24) is 0 Å². The van der Waals surface area contributed by atoms with Crippen LogP contribution in [0.25, 0.3) is 0 Å². The Morgan fingerprint density at radius 2 is 2.42 bits per heavy atom. The van der Waals surface area contributed by atoms with Crippen LogP contribution >= 0.6 is 0 Å². The van der Waals surface area contributed by atoms with Gasteiger partial charge in [0.15, 0.2) is 0 Å². The summed E-state index contributed by atoms with van der Waals surface area (Å²) in [7, 11) is 0. The third kappa shape index (κ3) is 2.57. The lowest BCUT2D eigenvalue weighted by Crippen LogP contribution is -2.23. The highest BCUT2D eigenvalue weighted by molar-refractivity contribution is 5.71. The van der Waals surface area contributed by atoms with Crippen molar-refractivity contribution in [2.24, 2.45) is 5.92 Å². The van der Waals surface area contributed by atoms with Crippen molar-refractivity contribution >= 4 is 5.97 Å². The lowest BCUT2D eigenvalue weighted by Gasteiger charge is -2.20. The van der Waals surface area contributed by atoms with Crippen molar-refractivity contribution in [2.45, 2.75) is 33.0 Å². The molecule has 0 aliphatic carbocycles. The third-order valence-electron chi connectivity index (χ3n) is 1.61. The molecule has 0 aromatic carbocycles. The summed E-state index contributed by atoms with van der Waals surface area (Å²) in [5.74, 6) is -0.283. The predicted molar refractivity (Wildman–Crippen MR) is 44.2 cm³/mol. The molecule has 0 saturated heterocycles. The number of esters is 1. The van der Waals surface area contributed by atoms with Gasteiger partial charge in [-0.25, -0.2) is 0 Å². The van der Waals surface area contributed by atoms with E-state index in [0.29, 0.717) is 0 Å². The topological polar surface area (TPSA) is 35.5 Å². The van der Waals surface area contributed by atoms with Crippen LogP contribution in [0.15, 0.2) is 12.3 Å². The SMILES string of the molecule is CC(C)C(=O)OC1CCC=CO1. The number of hydrogen-bond donors (Lipinski definition) is 0.